The first kappa shape index (κ1) is 13.8. The largest absolute Gasteiger partial charge is 0.464 e. The Hall–Kier alpha value is -2.21. The second-order valence-electron chi connectivity index (χ2n) is 4.77. The summed E-state index contributed by atoms with van der Waals surface area (Å²) in [5.74, 6) is -0.697. The van der Waals surface area contributed by atoms with E-state index in [2.05, 4.69) is 10.3 Å². The minimum Gasteiger partial charge on any atom is -0.464 e. The Labute approximate surface area is 126 Å². The first-order valence-corrected chi connectivity index (χ1v) is 7.56. The maximum atomic E-state index is 12.0. The Kier molecular flexibility index (Phi) is 3.96. The third-order valence-corrected chi connectivity index (χ3v) is 4.07. The van der Waals surface area contributed by atoms with Crippen molar-refractivity contribution < 1.29 is 14.3 Å². The van der Waals surface area contributed by atoms with Crippen LogP contribution in [-0.2, 0) is 16.0 Å². The second-order valence-corrected chi connectivity index (χ2v) is 5.71. The molecule has 1 saturated heterocycles. The summed E-state index contributed by atoms with van der Waals surface area (Å²) in [5.41, 5.74) is 1.50. The summed E-state index contributed by atoms with van der Waals surface area (Å²) in [5, 5.41) is 5.24. The predicted octanol–water partition coefficient (Wildman–Crippen LogP) is 1.78. The number of nitrogens with one attached hydrogen (secondary N) is 1. The molecule has 0 saturated carbocycles. The number of aromatic nitrogens is 1. The first-order valence-electron chi connectivity index (χ1n) is 6.68. The molecule has 1 aromatic heterocycles. The van der Waals surface area contributed by atoms with E-state index in [4.69, 9.17) is 4.74 Å². The predicted molar refractivity (Wildman–Crippen MR) is 78.2 cm³/mol. The van der Waals surface area contributed by atoms with Crippen LogP contribution in [-0.4, -0.2) is 29.5 Å². The van der Waals surface area contributed by atoms with E-state index < -0.39 is 6.04 Å². The number of hydrogen-bond acceptors (Lipinski definition) is 5. The van der Waals surface area contributed by atoms with Gasteiger partial charge in [-0.15, -0.1) is 11.3 Å². The van der Waals surface area contributed by atoms with Crippen molar-refractivity contribution in [2.45, 2.75) is 18.9 Å². The summed E-state index contributed by atoms with van der Waals surface area (Å²) in [4.78, 5) is 27.7. The number of thiazole rings is 1. The summed E-state index contributed by atoms with van der Waals surface area (Å²) in [7, 11) is 0. The van der Waals surface area contributed by atoms with E-state index in [0.29, 0.717) is 25.1 Å². The van der Waals surface area contributed by atoms with Crippen LogP contribution >= 0.6 is 11.3 Å². The lowest BCUT2D eigenvalue weighted by atomic mass is 10.2. The molecule has 0 spiro atoms. The number of esters is 1. The maximum absolute atomic E-state index is 12.0. The van der Waals surface area contributed by atoms with Gasteiger partial charge in [-0.2, -0.15) is 0 Å². The fourth-order valence-electron chi connectivity index (χ4n) is 2.13. The standard InChI is InChI=1S/C15H14N2O3S/c18-14(17-11-6-7-20-15(11)19)12-9-21-13(16-12)8-10-4-2-1-3-5-10/h1-5,9,11H,6-8H2,(H,17,18)/t11-/m1/s1. The van der Waals surface area contributed by atoms with E-state index >= 15 is 0 Å². The van der Waals surface area contributed by atoms with Gasteiger partial charge in [-0.05, 0) is 5.56 Å². The highest BCUT2D eigenvalue weighted by atomic mass is 32.1. The molecule has 1 atom stereocenters. The van der Waals surface area contributed by atoms with E-state index in [0.717, 1.165) is 10.6 Å². The van der Waals surface area contributed by atoms with Crippen LogP contribution in [0.25, 0.3) is 0 Å². The third kappa shape index (κ3) is 3.28. The zero-order valence-corrected chi connectivity index (χ0v) is 12.1. The van der Waals surface area contributed by atoms with Gasteiger partial charge in [0, 0.05) is 18.2 Å². The number of hydrogen-bond donors (Lipinski definition) is 1. The highest BCUT2D eigenvalue weighted by Gasteiger charge is 2.28. The van der Waals surface area contributed by atoms with Crippen molar-refractivity contribution in [2.75, 3.05) is 6.61 Å². The van der Waals surface area contributed by atoms with Crippen molar-refractivity contribution in [2.24, 2.45) is 0 Å². The molecule has 108 valence electrons. The Morgan fingerprint density at radius 1 is 1.38 bits per heavy atom. The van der Waals surface area contributed by atoms with Gasteiger partial charge < -0.3 is 10.1 Å². The van der Waals surface area contributed by atoms with E-state index in [1.165, 1.54) is 11.3 Å². The molecule has 1 aromatic carbocycles. The minimum atomic E-state index is -0.545. The molecular formula is C15H14N2O3S. The molecule has 2 aromatic rings. The molecule has 1 fully saturated rings. The van der Waals surface area contributed by atoms with E-state index in [9.17, 15) is 9.59 Å². The monoisotopic (exact) mass is 302 g/mol. The molecule has 0 radical (unpaired) electrons. The number of nitrogens with zero attached hydrogens (tertiary/aromatic N) is 1. The van der Waals surface area contributed by atoms with Crippen LogP contribution in [0.2, 0.25) is 0 Å². The van der Waals surface area contributed by atoms with Crippen molar-refractivity contribution >= 4 is 23.2 Å². The molecule has 2 heterocycles. The van der Waals surface area contributed by atoms with Gasteiger partial charge in [0.25, 0.3) is 5.91 Å². The van der Waals surface area contributed by atoms with Gasteiger partial charge in [0.15, 0.2) is 0 Å². The van der Waals surface area contributed by atoms with E-state index in [1.54, 1.807) is 5.38 Å². The van der Waals surface area contributed by atoms with Crippen LogP contribution in [0.5, 0.6) is 0 Å². The maximum Gasteiger partial charge on any atom is 0.328 e. The number of carbonyl (C=O) groups excluding carboxylic acids is 2. The molecule has 1 N–H and O–H groups in total. The van der Waals surface area contributed by atoms with Crippen LogP contribution in [0.4, 0.5) is 0 Å². The van der Waals surface area contributed by atoms with Crippen molar-refractivity contribution in [3.8, 4) is 0 Å². The van der Waals surface area contributed by atoms with Crippen molar-refractivity contribution in [3.05, 3.63) is 52.0 Å². The third-order valence-electron chi connectivity index (χ3n) is 3.22. The lowest BCUT2D eigenvalue weighted by Gasteiger charge is -2.06. The summed E-state index contributed by atoms with van der Waals surface area (Å²) in [6.45, 7) is 0.361. The van der Waals surface area contributed by atoms with Crippen LogP contribution in [0, 0.1) is 0 Å². The van der Waals surface area contributed by atoms with E-state index in [-0.39, 0.29) is 11.9 Å². The molecule has 5 nitrogen and oxygen atoms in total. The summed E-state index contributed by atoms with van der Waals surface area (Å²) in [6, 6.07) is 9.41. The first-order chi connectivity index (χ1) is 10.2. The van der Waals surface area contributed by atoms with Crippen LogP contribution < -0.4 is 5.32 Å². The summed E-state index contributed by atoms with van der Waals surface area (Å²) >= 11 is 1.44. The smallest absolute Gasteiger partial charge is 0.328 e. The summed E-state index contributed by atoms with van der Waals surface area (Å²) < 4.78 is 4.81. The van der Waals surface area contributed by atoms with E-state index in [1.807, 2.05) is 30.3 Å². The molecule has 0 unspecified atom stereocenters. The van der Waals surface area contributed by atoms with Gasteiger partial charge in [-0.25, -0.2) is 9.78 Å². The fraction of sp³-hybridized carbons (Fsp3) is 0.267. The topological polar surface area (TPSA) is 68.3 Å². The molecule has 0 bridgehead atoms. The van der Waals surface area contributed by atoms with Gasteiger partial charge in [0.2, 0.25) is 0 Å². The number of benzene rings is 1. The van der Waals surface area contributed by atoms with Gasteiger partial charge in [-0.1, -0.05) is 30.3 Å². The zero-order chi connectivity index (χ0) is 14.7. The zero-order valence-electron chi connectivity index (χ0n) is 11.2. The Balaban J connectivity index is 1.64. The minimum absolute atomic E-state index is 0.325. The van der Waals surface area contributed by atoms with Crippen LogP contribution in [0.15, 0.2) is 35.7 Å². The van der Waals surface area contributed by atoms with Crippen molar-refractivity contribution in [1.29, 1.82) is 0 Å². The van der Waals surface area contributed by atoms with Gasteiger partial charge in [0.1, 0.15) is 11.7 Å². The molecule has 3 rings (SSSR count). The van der Waals surface area contributed by atoms with Crippen LogP contribution in [0.1, 0.15) is 27.5 Å². The number of ether oxygens (including phenoxy) is 1. The second kappa shape index (κ2) is 6.05. The highest BCUT2D eigenvalue weighted by molar-refractivity contribution is 7.09. The van der Waals surface area contributed by atoms with Crippen molar-refractivity contribution in [1.82, 2.24) is 10.3 Å². The lowest BCUT2D eigenvalue weighted by molar-refractivity contribution is -0.139. The molecule has 0 aliphatic carbocycles. The van der Waals surface area contributed by atoms with Crippen molar-refractivity contribution in [3.63, 3.8) is 0 Å². The normalized spacial score (nSPS) is 17.5. The van der Waals surface area contributed by atoms with Gasteiger partial charge >= 0.3 is 5.97 Å². The number of cyclic esters (lactones) is 1. The van der Waals surface area contributed by atoms with Crippen LogP contribution in [0.3, 0.4) is 0 Å². The van der Waals surface area contributed by atoms with Gasteiger partial charge in [-0.3, -0.25) is 4.79 Å². The fourth-order valence-corrected chi connectivity index (χ4v) is 2.93. The average Bonchev–Trinajstić information content (AvgIpc) is 3.10. The average molecular weight is 302 g/mol. The SMILES string of the molecule is O=C(N[C@@H]1CCOC1=O)c1csc(Cc2ccccc2)n1. The lowest BCUT2D eigenvalue weighted by Crippen LogP contribution is -2.38. The molecule has 6 heteroatoms. The number of carbonyl (C=O) groups is 2. The molecule has 1 aliphatic heterocycles. The Morgan fingerprint density at radius 2 is 2.19 bits per heavy atom. The Bertz CT molecular complexity index is 654. The molecule has 1 aliphatic rings. The number of rotatable bonds is 4. The Morgan fingerprint density at radius 3 is 2.90 bits per heavy atom. The highest BCUT2D eigenvalue weighted by Crippen LogP contribution is 2.15. The number of amides is 1. The summed E-state index contributed by atoms with van der Waals surface area (Å²) in [6.07, 6.45) is 1.22. The van der Waals surface area contributed by atoms with Gasteiger partial charge in [0.05, 0.1) is 11.6 Å². The quantitative estimate of drug-likeness (QED) is 0.874. The molecule has 21 heavy (non-hydrogen) atoms. The molecule has 1 amide bonds. The molecular weight excluding hydrogens is 288 g/mol.